The Kier molecular flexibility index (Phi) is 4.15. The first-order valence-electron chi connectivity index (χ1n) is 6.01. The summed E-state index contributed by atoms with van der Waals surface area (Å²) in [5.41, 5.74) is 4.16. The van der Waals surface area contributed by atoms with Crippen molar-refractivity contribution >= 4 is 0 Å². The zero-order chi connectivity index (χ0) is 12.3. The summed E-state index contributed by atoms with van der Waals surface area (Å²) in [6.45, 7) is 11.1. The second kappa shape index (κ2) is 5.01. The maximum absolute atomic E-state index is 9.45. The summed E-state index contributed by atoms with van der Waals surface area (Å²) >= 11 is 0. The van der Waals surface area contributed by atoms with E-state index in [1.807, 2.05) is 0 Å². The average molecular weight is 220 g/mol. The normalized spacial score (nSPS) is 13.9. The smallest absolute Gasteiger partial charge is 0.0467 e. The highest BCUT2D eigenvalue weighted by Gasteiger charge is 2.23. The van der Waals surface area contributed by atoms with Crippen LogP contribution in [-0.4, -0.2) is 11.7 Å². The molecule has 0 spiro atoms. The van der Waals surface area contributed by atoms with Gasteiger partial charge in [-0.1, -0.05) is 39.0 Å². The van der Waals surface area contributed by atoms with Crippen LogP contribution < -0.4 is 0 Å². The van der Waals surface area contributed by atoms with Crippen LogP contribution in [0.25, 0.3) is 0 Å². The summed E-state index contributed by atoms with van der Waals surface area (Å²) in [6.07, 6.45) is 0.959. The Labute approximate surface area is 99.5 Å². The molecule has 90 valence electrons. The molecule has 0 radical (unpaired) electrons. The topological polar surface area (TPSA) is 20.2 Å². The molecular formula is C15H24O. The molecule has 1 atom stereocenters. The Balaban J connectivity index is 2.83. The van der Waals surface area contributed by atoms with Crippen LogP contribution in [0.15, 0.2) is 18.2 Å². The van der Waals surface area contributed by atoms with Crippen LogP contribution >= 0.6 is 0 Å². The molecule has 1 rings (SSSR count). The molecule has 1 nitrogen and oxygen atoms in total. The van der Waals surface area contributed by atoms with E-state index in [9.17, 15) is 5.11 Å². The van der Waals surface area contributed by atoms with Crippen molar-refractivity contribution in [2.75, 3.05) is 6.61 Å². The lowest BCUT2D eigenvalue weighted by Gasteiger charge is -2.29. The van der Waals surface area contributed by atoms with Crippen LogP contribution in [0.5, 0.6) is 0 Å². The fraction of sp³-hybridized carbons (Fsp3) is 0.600. The highest BCUT2D eigenvalue weighted by molar-refractivity contribution is 5.30. The predicted molar refractivity (Wildman–Crippen MR) is 69.7 cm³/mol. The fourth-order valence-corrected chi connectivity index (χ4v) is 1.86. The van der Waals surface area contributed by atoms with Crippen molar-refractivity contribution in [3.8, 4) is 0 Å². The summed E-state index contributed by atoms with van der Waals surface area (Å²) in [6, 6.07) is 6.59. The molecule has 0 heterocycles. The third kappa shape index (κ3) is 3.34. The van der Waals surface area contributed by atoms with E-state index in [4.69, 9.17) is 0 Å². The van der Waals surface area contributed by atoms with Gasteiger partial charge in [0.2, 0.25) is 0 Å². The first-order valence-corrected chi connectivity index (χ1v) is 6.01. The Morgan fingerprint density at radius 2 is 1.75 bits per heavy atom. The summed E-state index contributed by atoms with van der Waals surface area (Å²) in [4.78, 5) is 0. The Morgan fingerprint density at radius 3 is 2.19 bits per heavy atom. The van der Waals surface area contributed by atoms with Gasteiger partial charge in [0.25, 0.3) is 0 Å². The van der Waals surface area contributed by atoms with Gasteiger partial charge < -0.3 is 5.11 Å². The van der Waals surface area contributed by atoms with Gasteiger partial charge in [-0.05, 0) is 48.3 Å². The molecule has 0 aliphatic carbocycles. The van der Waals surface area contributed by atoms with Crippen molar-refractivity contribution in [1.82, 2.24) is 0 Å². The Morgan fingerprint density at radius 1 is 1.12 bits per heavy atom. The molecule has 0 amide bonds. The summed E-state index contributed by atoms with van der Waals surface area (Å²) < 4.78 is 0. The van der Waals surface area contributed by atoms with Gasteiger partial charge in [-0.3, -0.25) is 0 Å². The van der Waals surface area contributed by atoms with Gasteiger partial charge in [0.1, 0.15) is 0 Å². The highest BCUT2D eigenvalue weighted by Crippen LogP contribution is 2.29. The minimum atomic E-state index is 0.160. The summed E-state index contributed by atoms with van der Waals surface area (Å²) in [5.74, 6) is 0.328. The largest absolute Gasteiger partial charge is 0.396 e. The molecule has 1 aromatic carbocycles. The van der Waals surface area contributed by atoms with E-state index in [1.165, 1.54) is 16.7 Å². The van der Waals surface area contributed by atoms with Crippen molar-refractivity contribution in [3.63, 3.8) is 0 Å². The fourth-order valence-electron chi connectivity index (χ4n) is 1.86. The van der Waals surface area contributed by atoms with Crippen molar-refractivity contribution in [2.45, 2.75) is 41.0 Å². The van der Waals surface area contributed by atoms with Crippen LogP contribution in [-0.2, 0) is 6.42 Å². The summed E-state index contributed by atoms with van der Waals surface area (Å²) in [5, 5.41) is 9.45. The molecule has 1 N–H and O–H groups in total. The predicted octanol–water partition coefficient (Wildman–Crippen LogP) is 3.50. The molecular weight excluding hydrogens is 196 g/mol. The van der Waals surface area contributed by atoms with Crippen LogP contribution in [0.1, 0.15) is 37.5 Å². The number of aliphatic hydroxyl groups is 1. The van der Waals surface area contributed by atoms with Crippen molar-refractivity contribution in [2.24, 2.45) is 11.3 Å². The lowest BCUT2D eigenvalue weighted by atomic mass is 9.77. The maximum atomic E-state index is 9.45. The van der Waals surface area contributed by atoms with Gasteiger partial charge >= 0.3 is 0 Å². The molecule has 1 aromatic rings. The van der Waals surface area contributed by atoms with Crippen LogP contribution in [0.4, 0.5) is 0 Å². The van der Waals surface area contributed by atoms with Gasteiger partial charge in [0.15, 0.2) is 0 Å². The van der Waals surface area contributed by atoms with Crippen LogP contribution in [0.3, 0.4) is 0 Å². The number of hydrogen-bond acceptors (Lipinski definition) is 1. The average Bonchev–Trinajstić information content (AvgIpc) is 2.18. The van der Waals surface area contributed by atoms with Gasteiger partial charge in [-0.15, -0.1) is 0 Å². The molecule has 0 fully saturated rings. The molecule has 0 aliphatic rings. The first-order chi connectivity index (χ1) is 7.34. The third-order valence-corrected chi connectivity index (χ3v) is 3.50. The maximum Gasteiger partial charge on any atom is 0.0467 e. The van der Waals surface area contributed by atoms with Crippen molar-refractivity contribution in [1.29, 1.82) is 0 Å². The van der Waals surface area contributed by atoms with Crippen molar-refractivity contribution in [3.05, 3.63) is 34.9 Å². The molecule has 0 aromatic heterocycles. The number of aliphatic hydroxyl groups excluding tert-OH is 1. The Bertz CT molecular complexity index is 347. The number of benzene rings is 1. The number of hydrogen-bond donors (Lipinski definition) is 1. The molecule has 0 saturated carbocycles. The second-order valence-corrected chi connectivity index (χ2v) is 5.87. The van der Waals surface area contributed by atoms with E-state index in [0.717, 1.165) is 6.42 Å². The quantitative estimate of drug-likeness (QED) is 0.826. The monoisotopic (exact) mass is 220 g/mol. The van der Waals surface area contributed by atoms with E-state index >= 15 is 0 Å². The third-order valence-electron chi connectivity index (χ3n) is 3.50. The van der Waals surface area contributed by atoms with Crippen molar-refractivity contribution < 1.29 is 5.11 Å². The molecule has 16 heavy (non-hydrogen) atoms. The number of aryl methyl sites for hydroxylation is 2. The molecule has 0 aliphatic heterocycles. The Hall–Kier alpha value is -0.820. The van der Waals surface area contributed by atoms with E-state index < -0.39 is 0 Å². The van der Waals surface area contributed by atoms with E-state index in [-0.39, 0.29) is 12.0 Å². The molecule has 1 unspecified atom stereocenters. The minimum absolute atomic E-state index is 0.160. The van der Waals surface area contributed by atoms with Gasteiger partial charge in [0, 0.05) is 6.61 Å². The lowest BCUT2D eigenvalue weighted by molar-refractivity contribution is 0.131. The first kappa shape index (κ1) is 13.2. The van der Waals surface area contributed by atoms with E-state index in [2.05, 4.69) is 52.8 Å². The standard InChI is InChI=1S/C15H24O/c1-11-6-7-13(8-12(11)2)9-14(10-16)15(3,4)5/h6-8,14,16H,9-10H2,1-5H3. The number of rotatable bonds is 3. The zero-order valence-electron chi connectivity index (χ0n) is 11.2. The van der Waals surface area contributed by atoms with Crippen LogP contribution in [0.2, 0.25) is 0 Å². The van der Waals surface area contributed by atoms with E-state index in [1.54, 1.807) is 0 Å². The highest BCUT2D eigenvalue weighted by atomic mass is 16.3. The minimum Gasteiger partial charge on any atom is -0.396 e. The lowest BCUT2D eigenvalue weighted by Crippen LogP contribution is -2.26. The van der Waals surface area contributed by atoms with Gasteiger partial charge in [0.05, 0.1) is 0 Å². The molecule has 1 heteroatoms. The van der Waals surface area contributed by atoms with Gasteiger partial charge in [-0.2, -0.15) is 0 Å². The van der Waals surface area contributed by atoms with Gasteiger partial charge in [-0.25, -0.2) is 0 Å². The van der Waals surface area contributed by atoms with E-state index in [0.29, 0.717) is 5.92 Å². The summed E-state index contributed by atoms with van der Waals surface area (Å²) in [7, 11) is 0. The molecule has 0 saturated heterocycles. The van der Waals surface area contributed by atoms with Crippen LogP contribution in [0, 0.1) is 25.2 Å². The second-order valence-electron chi connectivity index (χ2n) is 5.87. The molecule has 0 bridgehead atoms. The zero-order valence-corrected chi connectivity index (χ0v) is 11.2. The SMILES string of the molecule is Cc1ccc(CC(CO)C(C)(C)C)cc1C.